The second-order valence-corrected chi connectivity index (χ2v) is 16.2. The first-order chi connectivity index (χ1) is 36.9. The van der Waals surface area contributed by atoms with Crippen LogP contribution >= 0.6 is 0 Å². The van der Waals surface area contributed by atoms with Crippen molar-refractivity contribution in [2.75, 3.05) is 98.5 Å². The van der Waals surface area contributed by atoms with Crippen LogP contribution in [0, 0.1) is 0 Å². The number of nitrogens with zero attached hydrogens (tertiary/aromatic N) is 10. The Kier molecular flexibility index (Phi) is 21.0. The van der Waals surface area contributed by atoms with Crippen molar-refractivity contribution in [3.05, 3.63) is 144 Å². The maximum Gasteiger partial charge on any atom is 0.356 e. The van der Waals surface area contributed by atoms with E-state index in [4.69, 9.17) is 28.4 Å². The van der Waals surface area contributed by atoms with Crippen LogP contribution in [0.25, 0.3) is 0 Å². The molecule has 0 aromatic carbocycles. The SMILES string of the molecule is CCOC(=O)c1cncc(N(CCN(CCN(c2cncc(C(=O)OCC)c2)c2ccnc(C(=O)OCC)c2)c2cncc(C(=O)OCC)c2)CCN(c2cncc(C(=O)OCC)c2)c2cncc(C(=O)OCC)c2)c1. The Balaban J connectivity index is 1.44. The van der Waals surface area contributed by atoms with E-state index in [1.54, 1.807) is 115 Å². The number of rotatable bonds is 27. The number of carbonyl (C=O) groups excluding carboxylic acids is 6. The summed E-state index contributed by atoms with van der Waals surface area (Å²) in [4.78, 5) is 112. The molecule has 0 N–H and O–H groups in total. The van der Waals surface area contributed by atoms with E-state index in [0.717, 1.165) is 0 Å². The molecule has 6 aromatic rings. The van der Waals surface area contributed by atoms with Crippen LogP contribution in [0.3, 0.4) is 0 Å². The van der Waals surface area contributed by atoms with Gasteiger partial charge in [-0.25, -0.2) is 33.8 Å². The normalized spacial score (nSPS) is 10.7. The van der Waals surface area contributed by atoms with Gasteiger partial charge in [0, 0.05) is 82.1 Å². The van der Waals surface area contributed by atoms with Gasteiger partial charge in [0.15, 0.2) is 0 Å². The van der Waals surface area contributed by atoms with Crippen LogP contribution in [0.1, 0.15) is 104 Å². The zero-order valence-electron chi connectivity index (χ0n) is 43.2. The minimum Gasteiger partial charge on any atom is -0.462 e. The highest BCUT2D eigenvalue weighted by molar-refractivity contribution is 5.93. The molecule has 0 aliphatic heterocycles. The smallest absolute Gasteiger partial charge is 0.356 e. The summed E-state index contributed by atoms with van der Waals surface area (Å²) in [5.41, 5.74) is 4.06. The Bertz CT molecular complexity index is 2640. The van der Waals surface area contributed by atoms with E-state index in [9.17, 15) is 28.8 Å². The highest BCUT2D eigenvalue weighted by atomic mass is 16.5. The fraction of sp³-hybridized carbons (Fsp3) is 0.333. The molecular weight excluding hydrogens is 981 g/mol. The molecule has 6 rings (SSSR count). The Hall–Kier alpha value is -9.08. The molecule has 0 saturated heterocycles. The first-order valence-corrected chi connectivity index (χ1v) is 24.7. The van der Waals surface area contributed by atoms with Crippen molar-refractivity contribution < 1.29 is 57.2 Å². The Labute approximate surface area is 439 Å². The van der Waals surface area contributed by atoms with Crippen molar-refractivity contribution in [2.24, 2.45) is 0 Å². The number of hydrogen-bond donors (Lipinski definition) is 0. The van der Waals surface area contributed by atoms with Gasteiger partial charge in [-0.1, -0.05) is 0 Å². The van der Waals surface area contributed by atoms with Gasteiger partial charge in [0.25, 0.3) is 0 Å². The van der Waals surface area contributed by atoms with Gasteiger partial charge in [-0.15, -0.1) is 0 Å². The van der Waals surface area contributed by atoms with Crippen molar-refractivity contribution in [1.82, 2.24) is 29.9 Å². The molecule has 0 unspecified atom stereocenters. The third-order valence-electron chi connectivity index (χ3n) is 11.2. The third kappa shape index (κ3) is 15.2. The molecule has 398 valence electrons. The molecule has 0 atom stereocenters. The summed E-state index contributed by atoms with van der Waals surface area (Å²) in [6.07, 6.45) is 16.4. The van der Waals surface area contributed by atoms with Crippen LogP contribution in [-0.2, 0) is 28.4 Å². The van der Waals surface area contributed by atoms with Crippen molar-refractivity contribution in [2.45, 2.75) is 41.5 Å². The molecule has 6 heterocycles. The van der Waals surface area contributed by atoms with Crippen LogP contribution in [0.4, 0.5) is 34.1 Å². The van der Waals surface area contributed by atoms with Crippen LogP contribution in [0.5, 0.6) is 0 Å². The number of hydrogen-bond acceptors (Lipinski definition) is 22. The van der Waals surface area contributed by atoms with Crippen LogP contribution in [0.15, 0.2) is 111 Å². The van der Waals surface area contributed by atoms with E-state index in [2.05, 4.69) is 29.9 Å². The molecule has 0 aliphatic rings. The zero-order chi connectivity index (χ0) is 54.4. The minimum absolute atomic E-state index is 0.0530. The van der Waals surface area contributed by atoms with Gasteiger partial charge < -0.3 is 48.0 Å². The van der Waals surface area contributed by atoms with Crippen molar-refractivity contribution in [1.29, 1.82) is 0 Å². The Morgan fingerprint density at radius 1 is 0.342 bits per heavy atom. The maximum atomic E-state index is 13.2. The van der Waals surface area contributed by atoms with E-state index in [1.165, 1.54) is 37.2 Å². The van der Waals surface area contributed by atoms with E-state index in [0.29, 0.717) is 34.1 Å². The Morgan fingerprint density at radius 3 is 0.947 bits per heavy atom. The van der Waals surface area contributed by atoms with Crippen LogP contribution in [-0.4, -0.2) is 145 Å². The molecule has 0 spiro atoms. The van der Waals surface area contributed by atoms with Gasteiger partial charge >= 0.3 is 35.8 Å². The molecular formula is C54H60N10O12. The predicted octanol–water partition coefficient (Wildman–Crippen LogP) is 7.11. The molecule has 76 heavy (non-hydrogen) atoms. The summed E-state index contributed by atoms with van der Waals surface area (Å²) in [5.74, 6) is -3.51. The third-order valence-corrected chi connectivity index (χ3v) is 11.2. The molecule has 0 radical (unpaired) electrons. The first kappa shape index (κ1) is 56.2. The highest BCUT2D eigenvalue weighted by Crippen LogP contribution is 2.30. The molecule has 0 amide bonds. The molecule has 0 aliphatic carbocycles. The lowest BCUT2D eigenvalue weighted by Gasteiger charge is -2.34. The topological polar surface area (TPSA) is 248 Å². The lowest BCUT2D eigenvalue weighted by Crippen LogP contribution is -2.41. The van der Waals surface area contributed by atoms with Crippen LogP contribution < -0.4 is 19.6 Å². The minimum atomic E-state index is -0.628. The second-order valence-electron chi connectivity index (χ2n) is 16.2. The van der Waals surface area contributed by atoms with Gasteiger partial charge in [0.2, 0.25) is 0 Å². The average molecular weight is 1040 g/mol. The standard InChI is InChI=1S/C54H60N10O12/c1-7-71-49(65)37-21-43(32-55-27-37)61(17-19-63(42-13-14-60-48(26-42)54(70)76-12-6)45-23-39(29-57-34-45)51(67)73-9-3)15-16-62(44-22-38(28-56-33-44)50(66)72-8-2)18-20-64(46-24-40(30-58-35-46)52(68)74-10-4)47-25-41(31-59-36-47)53(69)75-11-5/h13-14,21-36H,7-12,15-20H2,1-6H3. The van der Waals surface area contributed by atoms with Crippen molar-refractivity contribution in [3.8, 4) is 0 Å². The highest BCUT2D eigenvalue weighted by Gasteiger charge is 2.23. The van der Waals surface area contributed by atoms with Gasteiger partial charge in [-0.05, 0) is 84.0 Å². The van der Waals surface area contributed by atoms with Crippen LogP contribution in [0.2, 0.25) is 0 Å². The molecule has 22 heteroatoms. The van der Waals surface area contributed by atoms with E-state index < -0.39 is 35.8 Å². The summed E-state index contributed by atoms with van der Waals surface area (Å²) in [5, 5.41) is 0. The second kappa shape index (κ2) is 28.4. The molecule has 0 bridgehead atoms. The molecule has 6 aromatic heterocycles. The predicted molar refractivity (Wildman–Crippen MR) is 280 cm³/mol. The van der Waals surface area contributed by atoms with Gasteiger partial charge in [-0.3, -0.25) is 24.9 Å². The average Bonchev–Trinajstić information content (AvgIpc) is 3.44. The fourth-order valence-corrected chi connectivity index (χ4v) is 7.70. The van der Waals surface area contributed by atoms with Gasteiger partial charge in [0.05, 0.1) is 127 Å². The quantitative estimate of drug-likeness (QED) is 0.0368. The number of pyridine rings is 6. The molecule has 0 fully saturated rings. The zero-order valence-corrected chi connectivity index (χ0v) is 43.2. The van der Waals surface area contributed by atoms with E-state index in [1.807, 2.05) is 19.6 Å². The van der Waals surface area contributed by atoms with Gasteiger partial charge in [0.1, 0.15) is 5.69 Å². The monoisotopic (exact) mass is 1040 g/mol. The summed E-state index contributed by atoms with van der Waals surface area (Å²) in [7, 11) is 0. The molecule has 22 nitrogen and oxygen atoms in total. The lowest BCUT2D eigenvalue weighted by molar-refractivity contribution is 0.0511. The van der Waals surface area contributed by atoms with Gasteiger partial charge in [-0.2, -0.15) is 0 Å². The van der Waals surface area contributed by atoms with Crippen molar-refractivity contribution >= 4 is 69.9 Å². The largest absolute Gasteiger partial charge is 0.462 e. The number of anilines is 6. The maximum absolute atomic E-state index is 13.2. The molecule has 0 saturated carbocycles. The summed E-state index contributed by atoms with van der Waals surface area (Å²) in [6.45, 7) is 12.3. The summed E-state index contributed by atoms with van der Waals surface area (Å²) < 4.78 is 31.9. The lowest BCUT2D eigenvalue weighted by atomic mass is 10.2. The van der Waals surface area contributed by atoms with E-state index >= 15 is 0 Å². The summed E-state index contributed by atoms with van der Waals surface area (Å²) in [6, 6.07) is 11.5. The first-order valence-electron chi connectivity index (χ1n) is 24.7. The number of esters is 6. The number of ether oxygens (including phenoxy) is 6. The Morgan fingerprint density at radius 2 is 0.618 bits per heavy atom. The number of carbonyl (C=O) groups is 6. The van der Waals surface area contributed by atoms with E-state index in [-0.39, 0.29) is 112 Å². The number of aromatic nitrogens is 6. The summed E-state index contributed by atoms with van der Waals surface area (Å²) >= 11 is 0. The fourth-order valence-electron chi connectivity index (χ4n) is 7.70. The van der Waals surface area contributed by atoms with Crippen molar-refractivity contribution in [3.63, 3.8) is 0 Å².